The molecule has 3 amide bonds. The van der Waals surface area contributed by atoms with Gasteiger partial charge in [-0.05, 0) is 45.7 Å². The summed E-state index contributed by atoms with van der Waals surface area (Å²) >= 11 is 0. The third-order valence-electron chi connectivity index (χ3n) is 4.94. The van der Waals surface area contributed by atoms with Crippen LogP contribution in [0.2, 0.25) is 0 Å². The fourth-order valence-corrected chi connectivity index (χ4v) is 3.45. The Bertz CT molecular complexity index is 1190. The number of carbonyl (C=O) groups is 3. The van der Waals surface area contributed by atoms with E-state index in [9.17, 15) is 14.4 Å². The van der Waals surface area contributed by atoms with Crippen LogP contribution in [0.15, 0.2) is 22.7 Å². The zero-order valence-electron chi connectivity index (χ0n) is 18.9. The number of amides is 3. The number of nitrogens with two attached hydrogens (primary N) is 1. The first-order valence-corrected chi connectivity index (χ1v) is 10.3. The minimum atomic E-state index is -1.21. The van der Waals surface area contributed by atoms with Crippen molar-refractivity contribution in [2.45, 2.75) is 53.7 Å². The molecule has 0 aliphatic rings. The van der Waals surface area contributed by atoms with Crippen molar-refractivity contribution in [3.05, 3.63) is 35.4 Å². The van der Waals surface area contributed by atoms with Crippen LogP contribution in [0.5, 0.6) is 0 Å². The maximum atomic E-state index is 13.2. The molecule has 0 spiro atoms. The molecule has 0 aliphatic heterocycles. The molecule has 1 unspecified atom stereocenters. The van der Waals surface area contributed by atoms with Gasteiger partial charge in [-0.15, -0.1) is 0 Å². The number of aryl methyl sites for hydroxylation is 2. The van der Waals surface area contributed by atoms with Gasteiger partial charge < -0.3 is 14.9 Å². The molecule has 32 heavy (non-hydrogen) atoms. The number of fused-ring (bicyclic) bond motifs is 1. The normalized spacial score (nSPS) is 12.4. The molecule has 0 saturated heterocycles. The Balaban J connectivity index is 2.11. The number of pyridine rings is 1. The number of furan rings is 1. The minimum Gasteiger partial charge on any atom is -0.466 e. The van der Waals surface area contributed by atoms with E-state index in [0.29, 0.717) is 28.2 Å². The van der Waals surface area contributed by atoms with Crippen LogP contribution in [-0.4, -0.2) is 38.8 Å². The van der Waals surface area contributed by atoms with Gasteiger partial charge in [0.25, 0.3) is 5.91 Å². The lowest BCUT2D eigenvalue weighted by Crippen LogP contribution is -2.45. The van der Waals surface area contributed by atoms with E-state index in [1.807, 2.05) is 39.1 Å². The zero-order chi connectivity index (χ0) is 23.7. The monoisotopic (exact) mass is 441 g/mol. The molecule has 0 fully saturated rings. The Labute approximate surface area is 185 Å². The highest BCUT2D eigenvalue weighted by Crippen LogP contribution is 2.30. The molecule has 10 nitrogen and oxygen atoms in total. The van der Waals surface area contributed by atoms with Crippen molar-refractivity contribution in [2.75, 3.05) is 0 Å². The lowest BCUT2D eigenvalue weighted by molar-refractivity contribution is -0.130. The Kier molecular flexibility index (Phi) is 6.33. The molecule has 0 aromatic carbocycles. The van der Waals surface area contributed by atoms with Crippen molar-refractivity contribution in [1.29, 1.82) is 0 Å². The number of aromatic nitrogens is 3. The van der Waals surface area contributed by atoms with E-state index in [0.717, 1.165) is 5.56 Å². The number of nitrogens with zero attached hydrogens (tertiary/aromatic N) is 3. The Hall–Kier alpha value is -3.69. The van der Waals surface area contributed by atoms with Crippen LogP contribution in [0.25, 0.3) is 22.3 Å². The van der Waals surface area contributed by atoms with Crippen molar-refractivity contribution in [1.82, 2.24) is 20.1 Å². The van der Waals surface area contributed by atoms with E-state index in [4.69, 9.17) is 19.9 Å². The van der Waals surface area contributed by atoms with Gasteiger partial charge in [0.1, 0.15) is 11.5 Å². The van der Waals surface area contributed by atoms with E-state index >= 15 is 0 Å². The van der Waals surface area contributed by atoms with Gasteiger partial charge in [-0.1, -0.05) is 13.8 Å². The van der Waals surface area contributed by atoms with Crippen LogP contribution < -0.4 is 11.1 Å². The van der Waals surface area contributed by atoms with Gasteiger partial charge in [0, 0.05) is 11.6 Å². The molecule has 3 heterocycles. The van der Waals surface area contributed by atoms with E-state index in [2.05, 4.69) is 5.10 Å². The summed E-state index contributed by atoms with van der Waals surface area (Å²) in [5.74, 6) is -0.551. The molecule has 0 radical (unpaired) electrons. The van der Waals surface area contributed by atoms with E-state index in [1.54, 1.807) is 30.8 Å². The summed E-state index contributed by atoms with van der Waals surface area (Å²) < 4.78 is 12.9. The standard InChI is InChI=1S/C22H27N5O5/c1-10(2)18(20(28)26-22(23)30)32-21(29)15-8-17(14-7-12(5)31-13(14)6)25-19-16(15)9-24-27(19)11(3)4/h7-11,18H,1-6H3,(H3,23,26,28,30). The Morgan fingerprint density at radius 3 is 2.38 bits per heavy atom. The average molecular weight is 441 g/mol. The van der Waals surface area contributed by atoms with E-state index < -0.39 is 29.9 Å². The van der Waals surface area contributed by atoms with Gasteiger partial charge >= 0.3 is 12.0 Å². The maximum Gasteiger partial charge on any atom is 0.339 e. The highest BCUT2D eigenvalue weighted by molar-refractivity contribution is 6.05. The summed E-state index contributed by atoms with van der Waals surface area (Å²) in [6, 6.07) is 2.41. The highest BCUT2D eigenvalue weighted by atomic mass is 16.5. The molecule has 0 aliphatic carbocycles. The van der Waals surface area contributed by atoms with Gasteiger partial charge in [0.2, 0.25) is 0 Å². The van der Waals surface area contributed by atoms with Crippen LogP contribution in [0.1, 0.15) is 55.6 Å². The summed E-state index contributed by atoms with van der Waals surface area (Å²) in [5, 5.41) is 6.83. The highest BCUT2D eigenvalue weighted by Gasteiger charge is 2.30. The molecule has 3 N–H and O–H groups in total. The summed E-state index contributed by atoms with van der Waals surface area (Å²) in [7, 11) is 0. The van der Waals surface area contributed by atoms with Crippen LogP contribution in [0, 0.1) is 19.8 Å². The lowest BCUT2D eigenvalue weighted by atomic mass is 10.1. The molecule has 0 saturated carbocycles. The van der Waals surface area contributed by atoms with Gasteiger partial charge in [-0.2, -0.15) is 5.10 Å². The van der Waals surface area contributed by atoms with Crippen molar-refractivity contribution >= 4 is 28.9 Å². The largest absolute Gasteiger partial charge is 0.466 e. The first-order valence-electron chi connectivity index (χ1n) is 10.3. The summed E-state index contributed by atoms with van der Waals surface area (Å²) in [5.41, 5.74) is 7.00. The minimum absolute atomic E-state index is 0.00365. The average Bonchev–Trinajstić information content (AvgIpc) is 3.26. The van der Waals surface area contributed by atoms with Crippen molar-refractivity contribution in [2.24, 2.45) is 11.7 Å². The van der Waals surface area contributed by atoms with Crippen LogP contribution >= 0.6 is 0 Å². The van der Waals surface area contributed by atoms with Gasteiger partial charge in [0.05, 0.1) is 22.8 Å². The predicted octanol–water partition coefficient (Wildman–Crippen LogP) is 3.27. The first-order chi connectivity index (χ1) is 15.0. The molecule has 10 heteroatoms. The predicted molar refractivity (Wildman–Crippen MR) is 117 cm³/mol. The molecular formula is C22H27N5O5. The van der Waals surface area contributed by atoms with Gasteiger partial charge in [-0.3, -0.25) is 10.1 Å². The molecule has 0 bridgehead atoms. The molecule has 3 aromatic rings. The van der Waals surface area contributed by atoms with Gasteiger partial charge in [0.15, 0.2) is 11.8 Å². The maximum absolute atomic E-state index is 13.2. The number of urea groups is 1. The zero-order valence-corrected chi connectivity index (χ0v) is 18.9. The second-order valence-corrected chi connectivity index (χ2v) is 8.23. The fourth-order valence-electron chi connectivity index (χ4n) is 3.45. The first kappa shape index (κ1) is 23.0. The molecule has 3 rings (SSSR count). The second kappa shape index (κ2) is 8.81. The van der Waals surface area contributed by atoms with Crippen LogP contribution in [0.3, 0.4) is 0 Å². The number of nitrogens with one attached hydrogen (secondary N) is 1. The molecular weight excluding hydrogens is 414 g/mol. The molecule has 170 valence electrons. The quantitative estimate of drug-likeness (QED) is 0.559. The lowest BCUT2D eigenvalue weighted by Gasteiger charge is -2.20. The summed E-state index contributed by atoms with van der Waals surface area (Å²) in [6.07, 6.45) is 0.337. The number of hydrogen-bond donors (Lipinski definition) is 2. The van der Waals surface area contributed by atoms with Crippen LogP contribution in [-0.2, 0) is 9.53 Å². The second-order valence-electron chi connectivity index (χ2n) is 8.23. The number of imide groups is 1. The van der Waals surface area contributed by atoms with Gasteiger partial charge in [-0.25, -0.2) is 19.3 Å². The number of primary amides is 1. The van der Waals surface area contributed by atoms with Crippen molar-refractivity contribution < 1.29 is 23.5 Å². The SMILES string of the molecule is Cc1cc(-c2cc(C(=O)OC(C(=O)NC(N)=O)C(C)C)c3cnn(C(C)C)c3n2)c(C)o1. The van der Waals surface area contributed by atoms with Crippen LogP contribution in [0.4, 0.5) is 4.79 Å². The Morgan fingerprint density at radius 1 is 1.16 bits per heavy atom. The number of rotatable bonds is 6. The number of hydrogen-bond acceptors (Lipinski definition) is 7. The Morgan fingerprint density at radius 2 is 1.84 bits per heavy atom. The van der Waals surface area contributed by atoms with Crippen molar-refractivity contribution in [3.63, 3.8) is 0 Å². The van der Waals surface area contributed by atoms with E-state index in [1.165, 1.54) is 0 Å². The summed E-state index contributed by atoms with van der Waals surface area (Å²) in [4.78, 5) is 41.4. The third-order valence-corrected chi connectivity index (χ3v) is 4.94. The smallest absolute Gasteiger partial charge is 0.339 e. The summed E-state index contributed by atoms with van der Waals surface area (Å²) in [6.45, 7) is 10.9. The van der Waals surface area contributed by atoms with E-state index in [-0.39, 0.29) is 11.6 Å². The molecule has 3 aromatic heterocycles. The molecule has 1 atom stereocenters. The fraction of sp³-hybridized carbons (Fsp3) is 0.409. The number of esters is 1. The topological polar surface area (TPSA) is 142 Å². The third kappa shape index (κ3) is 4.48. The number of ether oxygens (including phenoxy) is 1. The number of carbonyl (C=O) groups excluding carboxylic acids is 3. The van der Waals surface area contributed by atoms with Crippen molar-refractivity contribution in [3.8, 4) is 11.3 Å².